The lowest BCUT2D eigenvalue weighted by molar-refractivity contribution is -0.145. The Hall–Kier alpha value is -2.82. The first kappa shape index (κ1) is 18.5. The number of benzene rings is 2. The predicted molar refractivity (Wildman–Crippen MR) is 106 cm³/mol. The molecule has 1 fully saturated rings. The molecule has 2 aliphatic rings. The van der Waals surface area contributed by atoms with Crippen molar-refractivity contribution < 1.29 is 19.4 Å². The van der Waals surface area contributed by atoms with Crippen LogP contribution in [0.25, 0.3) is 11.1 Å². The molecule has 1 aliphatic carbocycles. The van der Waals surface area contributed by atoms with Crippen molar-refractivity contribution in [3.63, 3.8) is 0 Å². The number of amides is 1. The first-order valence-electron chi connectivity index (χ1n) is 9.74. The molecule has 5 nitrogen and oxygen atoms in total. The van der Waals surface area contributed by atoms with Gasteiger partial charge in [-0.2, -0.15) is 0 Å². The number of rotatable bonds is 3. The van der Waals surface area contributed by atoms with E-state index >= 15 is 0 Å². The van der Waals surface area contributed by atoms with Crippen LogP contribution in [0.5, 0.6) is 0 Å². The molecule has 2 aromatic carbocycles. The summed E-state index contributed by atoms with van der Waals surface area (Å²) in [7, 11) is 0. The number of fused-ring (bicyclic) bond motifs is 3. The van der Waals surface area contributed by atoms with Crippen LogP contribution < -0.4 is 0 Å². The van der Waals surface area contributed by atoms with E-state index in [2.05, 4.69) is 24.3 Å². The summed E-state index contributed by atoms with van der Waals surface area (Å²) >= 11 is 0. The fourth-order valence-electron chi connectivity index (χ4n) is 4.62. The second-order valence-electron chi connectivity index (χ2n) is 8.30. The fourth-order valence-corrected chi connectivity index (χ4v) is 4.62. The molecule has 0 saturated carbocycles. The van der Waals surface area contributed by atoms with Crippen molar-refractivity contribution >= 4 is 12.1 Å². The lowest BCUT2D eigenvalue weighted by Gasteiger charge is -2.43. The summed E-state index contributed by atoms with van der Waals surface area (Å²) in [4.78, 5) is 25.8. The molecule has 1 atom stereocenters. The van der Waals surface area contributed by atoms with Gasteiger partial charge in [-0.3, -0.25) is 4.79 Å². The summed E-state index contributed by atoms with van der Waals surface area (Å²) in [6.45, 7) is 4.50. The summed E-state index contributed by atoms with van der Waals surface area (Å²) < 4.78 is 5.75. The highest BCUT2D eigenvalue weighted by molar-refractivity contribution is 5.79. The summed E-state index contributed by atoms with van der Waals surface area (Å²) in [5, 5.41) is 9.29. The molecule has 0 spiro atoms. The Balaban J connectivity index is 1.49. The minimum Gasteiger partial charge on any atom is -0.481 e. The molecule has 1 N–H and O–H groups in total. The second kappa shape index (κ2) is 6.97. The van der Waals surface area contributed by atoms with Gasteiger partial charge in [0.25, 0.3) is 0 Å². The van der Waals surface area contributed by atoms with E-state index in [4.69, 9.17) is 4.74 Å². The van der Waals surface area contributed by atoms with Crippen LogP contribution in [0.3, 0.4) is 0 Å². The SMILES string of the molecule is CC1(C)CC(C(=O)O)CCN1C(=O)OCC1c2ccccc2-c2ccccc21. The third-order valence-corrected chi connectivity index (χ3v) is 6.08. The summed E-state index contributed by atoms with van der Waals surface area (Å²) in [6, 6.07) is 16.5. The van der Waals surface area contributed by atoms with Gasteiger partial charge in [0.05, 0.1) is 5.92 Å². The van der Waals surface area contributed by atoms with Crippen molar-refractivity contribution in [1.82, 2.24) is 4.90 Å². The van der Waals surface area contributed by atoms with Crippen LogP contribution in [0.2, 0.25) is 0 Å². The molecule has 1 aliphatic heterocycles. The molecule has 1 unspecified atom stereocenters. The Morgan fingerprint density at radius 3 is 2.18 bits per heavy atom. The van der Waals surface area contributed by atoms with Gasteiger partial charge in [-0.05, 0) is 48.9 Å². The normalized spacial score (nSPS) is 20.4. The fraction of sp³-hybridized carbons (Fsp3) is 0.391. The molecule has 4 rings (SSSR count). The van der Waals surface area contributed by atoms with Crippen LogP contribution >= 0.6 is 0 Å². The smallest absolute Gasteiger partial charge is 0.410 e. The summed E-state index contributed by atoms with van der Waals surface area (Å²) in [5.41, 5.74) is 4.22. The van der Waals surface area contributed by atoms with E-state index in [-0.39, 0.29) is 18.6 Å². The zero-order chi connectivity index (χ0) is 19.9. The molecule has 2 aromatic rings. The Bertz CT molecular complexity index is 875. The topological polar surface area (TPSA) is 66.8 Å². The number of piperidine rings is 1. The predicted octanol–water partition coefficient (Wildman–Crippen LogP) is 4.51. The maximum Gasteiger partial charge on any atom is 0.410 e. The van der Waals surface area contributed by atoms with Crippen LogP contribution in [0.4, 0.5) is 4.79 Å². The Morgan fingerprint density at radius 1 is 1.07 bits per heavy atom. The van der Waals surface area contributed by atoms with Gasteiger partial charge in [0.1, 0.15) is 6.61 Å². The number of carboxylic acid groups (broad SMARTS) is 1. The average Bonchev–Trinajstić information content (AvgIpc) is 2.99. The Kier molecular flexibility index (Phi) is 4.61. The van der Waals surface area contributed by atoms with Crippen molar-refractivity contribution in [3.05, 3.63) is 59.7 Å². The third-order valence-electron chi connectivity index (χ3n) is 6.08. The van der Waals surface area contributed by atoms with Gasteiger partial charge in [0.15, 0.2) is 0 Å². The number of hydrogen-bond donors (Lipinski definition) is 1. The Morgan fingerprint density at radius 2 is 1.64 bits per heavy atom. The number of carboxylic acids is 1. The molecule has 0 aromatic heterocycles. The van der Waals surface area contributed by atoms with Crippen molar-refractivity contribution in [1.29, 1.82) is 0 Å². The molecule has 28 heavy (non-hydrogen) atoms. The highest BCUT2D eigenvalue weighted by Gasteiger charge is 2.41. The van der Waals surface area contributed by atoms with E-state index in [9.17, 15) is 14.7 Å². The van der Waals surface area contributed by atoms with Crippen LogP contribution in [-0.2, 0) is 9.53 Å². The van der Waals surface area contributed by atoms with Gasteiger partial charge >= 0.3 is 12.1 Å². The second-order valence-corrected chi connectivity index (χ2v) is 8.30. The molecule has 0 bridgehead atoms. The number of ether oxygens (including phenoxy) is 1. The number of aliphatic carboxylic acids is 1. The largest absolute Gasteiger partial charge is 0.481 e. The first-order chi connectivity index (χ1) is 13.4. The van der Waals surface area contributed by atoms with E-state index in [0.717, 1.165) is 0 Å². The molecule has 1 heterocycles. The Labute approximate surface area is 164 Å². The van der Waals surface area contributed by atoms with Gasteiger partial charge in [-0.15, -0.1) is 0 Å². The average molecular weight is 379 g/mol. The zero-order valence-corrected chi connectivity index (χ0v) is 16.2. The number of nitrogens with zero attached hydrogens (tertiary/aromatic N) is 1. The summed E-state index contributed by atoms with van der Waals surface area (Å²) in [5.74, 6) is -1.18. The molecular weight excluding hydrogens is 354 g/mol. The zero-order valence-electron chi connectivity index (χ0n) is 16.2. The van der Waals surface area contributed by atoms with Crippen molar-refractivity contribution in [2.24, 2.45) is 5.92 Å². The van der Waals surface area contributed by atoms with Crippen LogP contribution in [-0.4, -0.2) is 40.8 Å². The van der Waals surface area contributed by atoms with E-state index in [1.54, 1.807) is 4.90 Å². The molecule has 5 heteroatoms. The van der Waals surface area contributed by atoms with Gasteiger partial charge in [-0.25, -0.2) is 4.79 Å². The minimum absolute atomic E-state index is 0.0241. The van der Waals surface area contributed by atoms with E-state index in [0.29, 0.717) is 19.4 Å². The monoisotopic (exact) mass is 379 g/mol. The quantitative estimate of drug-likeness (QED) is 0.852. The van der Waals surface area contributed by atoms with Crippen molar-refractivity contribution in [2.75, 3.05) is 13.2 Å². The maximum atomic E-state index is 12.8. The van der Waals surface area contributed by atoms with E-state index < -0.39 is 17.4 Å². The van der Waals surface area contributed by atoms with Crippen molar-refractivity contribution in [3.8, 4) is 11.1 Å². The minimum atomic E-state index is -0.791. The third kappa shape index (κ3) is 3.15. The number of likely N-dealkylation sites (tertiary alicyclic amines) is 1. The van der Waals surface area contributed by atoms with Gasteiger partial charge in [0, 0.05) is 18.0 Å². The number of carbonyl (C=O) groups excluding carboxylic acids is 1. The van der Waals surface area contributed by atoms with Crippen LogP contribution in [0.15, 0.2) is 48.5 Å². The molecule has 1 amide bonds. The molecule has 1 saturated heterocycles. The standard InChI is InChI=1S/C23H25NO4/c1-23(2)13-15(21(25)26)11-12-24(23)22(27)28-14-20-18-9-5-3-7-16(18)17-8-4-6-10-19(17)20/h3-10,15,20H,11-14H2,1-2H3,(H,25,26). The lowest BCUT2D eigenvalue weighted by Crippen LogP contribution is -2.54. The van der Waals surface area contributed by atoms with Gasteiger partial charge in [-0.1, -0.05) is 48.5 Å². The lowest BCUT2D eigenvalue weighted by atomic mass is 9.83. The first-order valence-corrected chi connectivity index (χ1v) is 9.74. The highest BCUT2D eigenvalue weighted by Crippen LogP contribution is 2.44. The molecule has 146 valence electrons. The van der Waals surface area contributed by atoms with Crippen LogP contribution in [0, 0.1) is 5.92 Å². The maximum absolute atomic E-state index is 12.8. The van der Waals surface area contributed by atoms with Crippen molar-refractivity contribution in [2.45, 2.75) is 38.1 Å². The van der Waals surface area contributed by atoms with Gasteiger partial charge < -0.3 is 14.7 Å². The number of carbonyl (C=O) groups is 2. The van der Waals surface area contributed by atoms with Crippen LogP contribution in [0.1, 0.15) is 43.7 Å². The van der Waals surface area contributed by atoms with E-state index in [1.165, 1.54) is 22.3 Å². The van der Waals surface area contributed by atoms with Gasteiger partial charge in [0.2, 0.25) is 0 Å². The van der Waals surface area contributed by atoms with E-state index in [1.807, 2.05) is 38.1 Å². The molecule has 0 radical (unpaired) electrons. The molecular formula is C23H25NO4. The summed E-state index contributed by atoms with van der Waals surface area (Å²) in [6.07, 6.45) is 0.533. The number of hydrogen-bond acceptors (Lipinski definition) is 3. The highest BCUT2D eigenvalue weighted by atomic mass is 16.6.